The van der Waals surface area contributed by atoms with Crippen LogP contribution in [0.1, 0.15) is 23.6 Å². The van der Waals surface area contributed by atoms with E-state index in [9.17, 15) is 4.39 Å². The van der Waals surface area contributed by atoms with Gasteiger partial charge in [0, 0.05) is 4.47 Å². The predicted octanol–water partition coefficient (Wildman–Crippen LogP) is 3.53. The van der Waals surface area contributed by atoms with Crippen LogP contribution in [0.3, 0.4) is 0 Å². The number of benzene rings is 1. The summed E-state index contributed by atoms with van der Waals surface area (Å²) in [7, 11) is 0. The van der Waals surface area contributed by atoms with E-state index in [2.05, 4.69) is 26.2 Å². The molecule has 0 bridgehead atoms. The smallest absolute Gasteiger partial charge is 0.123 e. The Labute approximate surface area is 112 Å². The molecule has 0 saturated carbocycles. The van der Waals surface area contributed by atoms with Gasteiger partial charge in [-0.25, -0.2) is 9.07 Å². The predicted molar refractivity (Wildman–Crippen MR) is 67.5 cm³/mol. The zero-order valence-corrected chi connectivity index (χ0v) is 11.4. The van der Waals surface area contributed by atoms with Crippen LogP contribution < -0.4 is 0 Å². The Hall–Kier alpha value is -0.940. The molecule has 1 heterocycles. The lowest BCUT2D eigenvalue weighted by molar-refractivity contribution is 0.613. The van der Waals surface area contributed by atoms with E-state index in [0.29, 0.717) is 12.2 Å². The van der Waals surface area contributed by atoms with Crippen LogP contribution in [0.25, 0.3) is 0 Å². The largest absolute Gasteiger partial charge is 0.248 e. The van der Waals surface area contributed by atoms with E-state index < -0.39 is 0 Å². The van der Waals surface area contributed by atoms with E-state index in [1.807, 2.05) is 6.92 Å². The van der Waals surface area contributed by atoms with Crippen molar-refractivity contribution in [2.45, 2.75) is 18.8 Å². The van der Waals surface area contributed by atoms with Crippen LogP contribution in [0.4, 0.5) is 4.39 Å². The number of nitrogens with zero attached hydrogens (tertiary/aromatic N) is 3. The molecule has 90 valence electrons. The molecule has 17 heavy (non-hydrogen) atoms. The third-order valence-corrected chi connectivity index (χ3v) is 3.30. The molecule has 0 saturated heterocycles. The second-order valence-electron chi connectivity index (χ2n) is 3.69. The Morgan fingerprint density at radius 1 is 1.53 bits per heavy atom. The fourth-order valence-electron chi connectivity index (χ4n) is 1.41. The molecule has 0 amide bonds. The SMILES string of the molecule is CC(Cl)c1cn(Cc2cc(F)ccc2Br)nn1. The Morgan fingerprint density at radius 3 is 2.94 bits per heavy atom. The molecule has 1 aromatic heterocycles. The Kier molecular flexibility index (Phi) is 3.79. The number of alkyl halides is 1. The third kappa shape index (κ3) is 3.04. The minimum Gasteiger partial charge on any atom is -0.248 e. The summed E-state index contributed by atoms with van der Waals surface area (Å²) in [6.45, 7) is 2.28. The van der Waals surface area contributed by atoms with Crippen molar-refractivity contribution in [3.05, 3.63) is 45.9 Å². The molecule has 0 aliphatic carbocycles. The van der Waals surface area contributed by atoms with Gasteiger partial charge >= 0.3 is 0 Å². The van der Waals surface area contributed by atoms with E-state index in [-0.39, 0.29) is 11.2 Å². The van der Waals surface area contributed by atoms with E-state index in [1.54, 1.807) is 16.9 Å². The first-order valence-electron chi connectivity index (χ1n) is 5.04. The Morgan fingerprint density at radius 2 is 2.29 bits per heavy atom. The van der Waals surface area contributed by atoms with Gasteiger partial charge in [0.1, 0.15) is 11.5 Å². The zero-order chi connectivity index (χ0) is 12.4. The van der Waals surface area contributed by atoms with Crippen LogP contribution in [0.2, 0.25) is 0 Å². The zero-order valence-electron chi connectivity index (χ0n) is 9.07. The van der Waals surface area contributed by atoms with E-state index >= 15 is 0 Å². The minimum absolute atomic E-state index is 0.181. The van der Waals surface area contributed by atoms with Gasteiger partial charge in [-0.05, 0) is 30.7 Å². The molecular weight excluding hydrogens is 308 g/mol. The summed E-state index contributed by atoms with van der Waals surface area (Å²) < 4.78 is 15.6. The molecule has 0 fully saturated rings. The second kappa shape index (κ2) is 5.14. The monoisotopic (exact) mass is 317 g/mol. The van der Waals surface area contributed by atoms with Gasteiger partial charge in [0.05, 0.1) is 18.1 Å². The number of halogens is 3. The highest BCUT2D eigenvalue weighted by Gasteiger charge is 2.08. The molecule has 1 aromatic carbocycles. The highest BCUT2D eigenvalue weighted by molar-refractivity contribution is 9.10. The Balaban J connectivity index is 2.22. The Bertz CT molecular complexity index is 527. The van der Waals surface area contributed by atoms with Crippen LogP contribution in [-0.2, 0) is 6.54 Å². The number of rotatable bonds is 3. The normalized spacial score (nSPS) is 12.7. The summed E-state index contributed by atoms with van der Waals surface area (Å²) in [6.07, 6.45) is 1.76. The molecule has 0 aliphatic heterocycles. The van der Waals surface area contributed by atoms with Crippen LogP contribution >= 0.6 is 27.5 Å². The fourth-order valence-corrected chi connectivity index (χ4v) is 1.88. The molecule has 0 spiro atoms. The van der Waals surface area contributed by atoms with Crippen molar-refractivity contribution in [1.82, 2.24) is 15.0 Å². The molecule has 1 unspecified atom stereocenters. The van der Waals surface area contributed by atoms with Gasteiger partial charge in [0.25, 0.3) is 0 Å². The number of hydrogen-bond donors (Lipinski definition) is 0. The van der Waals surface area contributed by atoms with Crippen molar-refractivity contribution in [3.63, 3.8) is 0 Å². The van der Waals surface area contributed by atoms with Gasteiger partial charge in [-0.2, -0.15) is 0 Å². The van der Waals surface area contributed by atoms with Gasteiger partial charge in [-0.1, -0.05) is 21.1 Å². The van der Waals surface area contributed by atoms with Crippen molar-refractivity contribution in [2.24, 2.45) is 0 Å². The van der Waals surface area contributed by atoms with Crippen molar-refractivity contribution < 1.29 is 4.39 Å². The highest BCUT2D eigenvalue weighted by atomic mass is 79.9. The standard InChI is InChI=1S/C11H10BrClFN3/c1-7(13)11-6-17(16-15-11)5-8-4-9(14)2-3-10(8)12/h2-4,6-7H,5H2,1H3. The average molecular weight is 319 g/mol. The second-order valence-corrected chi connectivity index (χ2v) is 5.20. The molecule has 6 heteroatoms. The van der Waals surface area contributed by atoms with Gasteiger partial charge in [-0.15, -0.1) is 16.7 Å². The minimum atomic E-state index is -0.269. The van der Waals surface area contributed by atoms with Gasteiger partial charge in [-0.3, -0.25) is 0 Å². The lowest BCUT2D eigenvalue weighted by atomic mass is 10.2. The topological polar surface area (TPSA) is 30.7 Å². The van der Waals surface area contributed by atoms with E-state index in [1.165, 1.54) is 12.1 Å². The van der Waals surface area contributed by atoms with Crippen LogP contribution in [0.15, 0.2) is 28.9 Å². The summed E-state index contributed by atoms with van der Waals surface area (Å²) in [5.41, 5.74) is 1.52. The highest BCUT2D eigenvalue weighted by Crippen LogP contribution is 2.20. The quantitative estimate of drug-likeness (QED) is 0.811. The van der Waals surface area contributed by atoms with Crippen molar-refractivity contribution in [3.8, 4) is 0 Å². The summed E-state index contributed by atoms with van der Waals surface area (Å²) in [6, 6.07) is 4.55. The first kappa shape index (κ1) is 12.5. The van der Waals surface area contributed by atoms with Gasteiger partial charge in [0.15, 0.2) is 0 Å². The molecule has 2 aromatic rings. The maximum absolute atomic E-state index is 13.1. The molecule has 1 atom stereocenters. The molecule has 0 N–H and O–H groups in total. The lowest BCUT2D eigenvalue weighted by Gasteiger charge is -2.04. The number of hydrogen-bond acceptors (Lipinski definition) is 2. The summed E-state index contributed by atoms with van der Waals surface area (Å²) in [4.78, 5) is 0. The van der Waals surface area contributed by atoms with Crippen LogP contribution in [-0.4, -0.2) is 15.0 Å². The third-order valence-electron chi connectivity index (χ3n) is 2.30. The lowest BCUT2D eigenvalue weighted by Crippen LogP contribution is -2.01. The number of aromatic nitrogens is 3. The van der Waals surface area contributed by atoms with E-state index in [0.717, 1.165) is 10.0 Å². The van der Waals surface area contributed by atoms with Crippen LogP contribution in [0, 0.1) is 5.82 Å². The van der Waals surface area contributed by atoms with Gasteiger partial charge < -0.3 is 0 Å². The van der Waals surface area contributed by atoms with Crippen LogP contribution in [0.5, 0.6) is 0 Å². The van der Waals surface area contributed by atoms with E-state index in [4.69, 9.17) is 11.6 Å². The van der Waals surface area contributed by atoms with Crippen molar-refractivity contribution >= 4 is 27.5 Å². The molecule has 3 nitrogen and oxygen atoms in total. The molecule has 0 aliphatic rings. The fraction of sp³-hybridized carbons (Fsp3) is 0.273. The first-order chi connectivity index (χ1) is 8.06. The summed E-state index contributed by atoms with van der Waals surface area (Å²) >= 11 is 9.26. The molecule has 2 rings (SSSR count). The maximum atomic E-state index is 13.1. The average Bonchev–Trinajstić information content (AvgIpc) is 2.72. The maximum Gasteiger partial charge on any atom is 0.123 e. The molecule has 0 radical (unpaired) electrons. The van der Waals surface area contributed by atoms with Crippen molar-refractivity contribution in [1.29, 1.82) is 0 Å². The summed E-state index contributed by atoms with van der Waals surface area (Å²) in [5, 5.41) is 7.70. The van der Waals surface area contributed by atoms with Gasteiger partial charge in [0.2, 0.25) is 0 Å². The first-order valence-corrected chi connectivity index (χ1v) is 6.27. The summed E-state index contributed by atoms with van der Waals surface area (Å²) in [5.74, 6) is -0.269. The molecular formula is C11H10BrClFN3. The van der Waals surface area contributed by atoms with Crippen molar-refractivity contribution in [2.75, 3.05) is 0 Å².